The minimum Gasteiger partial charge on any atom is -0.426 e. The summed E-state index contributed by atoms with van der Waals surface area (Å²) < 4.78 is 5.24. The van der Waals surface area contributed by atoms with E-state index in [4.69, 9.17) is 4.74 Å². The molecule has 1 heterocycles. The number of halogens is 1. The normalized spacial score (nSPS) is 16.0. The Bertz CT molecular complexity index is 337. The molecule has 1 aliphatic rings. The first-order valence-electron chi connectivity index (χ1n) is 5.83. The lowest BCUT2D eigenvalue weighted by Gasteiger charge is -2.25. The molecular formula is C13H18ClNO2. The highest BCUT2D eigenvalue weighted by molar-refractivity contribution is 5.85. The lowest BCUT2D eigenvalue weighted by molar-refractivity contribution is -0.135. The van der Waals surface area contributed by atoms with Gasteiger partial charge in [-0.1, -0.05) is 24.6 Å². The number of carbonyl (C=O) groups excluding carboxylic acids is 1. The molecular weight excluding hydrogens is 238 g/mol. The molecule has 1 fully saturated rings. The lowest BCUT2D eigenvalue weighted by atomic mass is 10.1. The van der Waals surface area contributed by atoms with Crippen LogP contribution in [0.2, 0.25) is 0 Å². The Morgan fingerprint density at radius 1 is 1.12 bits per heavy atom. The second kappa shape index (κ2) is 7.30. The van der Waals surface area contributed by atoms with Gasteiger partial charge in [0.15, 0.2) is 0 Å². The molecule has 0 unspecified atom stereocenters. The Balaban J connectivity index is 0.00000144. The van der Waals surface area contributed by atoms with Gasteiger partial charge in [0.2, 0.25) is 0 Å². The summed E-state index contributed by atoms with van der Waals surface area (Å²) in [4.78, 5) is 13.8. The summed E-state index contributed by atoms with van der Waals surface area (Å²) in [5.41, 5.74) is 0. The standard InChI is InChI=1S/C13H17NO2.ClH/c15-13(11-14-9-5-2-6-10-14)16-12-7-3-1-4-8-12;/h1,3-4,7-8H,2,5-6,9-11H2;1H. The number of para-hydroxylation sites is 1. The van der Waals surface area contributed by atoms with Crippen LogP contribution in [0.25, 0.3) is 0 Å². The molecule has 17 heavy (non-hydrogen) atoms. The molecule has 1 aromatic carbocycles. The average molecular weight is 256 g/mol. The van der Waals surface area contributed by atoms with Crippen LogP contribution in [0.5, 0.6) is 5.75 Å². The Morgan fingerprint density at radius 3 is 2.41 bits per heavy atom. The van der Waals surface area contributed by atoms with E-state index in [-0.39, 0.29) is 18.4 Å². The predicted molar refractivity (Wildman–Crippen MR) is 69.6 cm³/mol. The number of hydrogen-bond donors (Lipinski definition) is 0. The van der Waals surface area contributed by atoms with Crippen molar-refractivity contribution in [1.29, 1.82) is 0 Å². The third-order valence-electron chi connectivity index (χ3n) is 2.78. The van der Waals surface area contributed by atoms with Crippen molar-refractivity contribution in [2.45, 2.75) is 19.3 Å². The van der Waals surface area contributed by atoms with Gasteiger partial charge in [0.1, 0.15) is 5.75 Å². The van der Waals surface area contributed by atoms with Gasteiger partial charge in [0.25, 0.3) is 0 Å². The van der Waals surface area contributed by atoms with Gasteiger partial charge < -0.3 is 4.74 Å². The maximum atomic E-state index is 11.6. The maximum Gasteiger partial charge on any atom is 0.325 e. The number of benzene rings is 1. The largest absolute Gasteiger partial charge is 0.426 e. The number of piperidine rings is 1. The fraction of sp³-hybridized carbons (Fsp3) is 0.462. The molecule has 0 radical (unpaired) electrons. The van der Waals surface area contributed by atoms with Crippen molar-refractivity contribution in [2.75, 3.05) is 19.6 Å². The van der Waals surface area contributed by atoms with Gasteiger partial charge in [-0.2, -0.15) is 0 Å². The molecule has 0 atom stereocenters. The molecule has 94 valence electrons. The summed E-state index contributed by atoms with van der Waals surface area (Å²) in [6.07, 6.45) is 3.67. The molecule has 0 N–H and O–H groups in total. The van der Waals surface area contributed by atoms with E-state index in [0.717, 1.165) is 13.1 Å². The predicted octanol–water partition coefficient (Wildman–Crippen LogP) is 2.50. The molecule has 0 aromatic heterocycles. The van der Waals surface area contributed by atoms with Crippen LogP contribution in [0.15, 0.2) is 30.3 Å². The van der Waals surface area contributed by atoms with Crippen molar-refractivity contribution < 1.29 is 9.53 Å². The molecule has 0 bridgehead atoms. The Hall–Kier alpha value is -1.06. The third kappa shape index (κ3) is 4.75. The number of likely N-dealkylation sites (tertiary alicyclic amines) is 1. The van der Waals surface area contributed by atoms with E-state index in [1.54, 1.807) is 12.1 Å². The van der Waals surface area contributed by atoms with E-state index in [1.807, 2.05) is 18.2 Å². The second-order valence-corrected chi connectivity index (χ2v) is 4.12. The van der Waals surface area contributed by atoms with Crippen LogP contribution in [-0.4, -0.2) is 30.5 Å². The fourth-order valence-electron chi connectivity index (χ4n) is 1.95. The summed E-state index contributed by atoms with van der Waals surface area (Å²) in [5.74, 6) is 0.470. The Kier molecular flexibility index (Phi) is 6.01. The zero-order chi connectivity index (χ0) is 11.2. The molecule has 0 saturated carbocycles. The van der Waals surface area contributed by atoms with Gasteiger partial charge in [-0.3, -0.25) is 9.69 Å². The van der Waals surface area contributed by atoms with Crippen molar-refractivity contribution in [3.8, 4) is 5.75 Å². The quantitative estimate of drug-likeness (QED) is 0.614. The molecule has 1 aromatic rings. The maximum absolute atomic E-state index is 11.6. The summed E-state index contributed by atoms with van der Waals surface area (Å²) in [7, 11) is 0. The molecule has 0 spiro atoms. The average Bonchev–Trinajstić information content (AvgIpc) is 2.31. The van der Waals surface area contributed by atoms with Crippen LogP contribution >= 0.6 is 12.4 Å². The number of hydrogen-bond acceptors (Lipinski definition) is 3. The second-order valence-electron chi connectivity index (χ2n) is 4.12. The van der Waals surface area contributed by atoms with Gasteiger partial charge in [0, 0.05) is 0 Å². The molecule has 4 heteroatoms. The lowest BCUT2D eigenvalue weighted by Crippen LogP contribution is -2.36. The first kappa shape index (κ1) is 14.0. The number of carbonyl (C=O) groups is 1. The van der Waals surface area contributed by atoms with Crippen LogP contribution in [0.1, 0.15) is 19.3 Å². The fourth-order valence-corrected chi connectivity index (χ4v) is 1.95. The first-order valence-corrected chi connectivity index (χ1v) is 5.83. The number of nitrogens with zero attached hydrogens (tertiary/aromatic N) is 1. The van der Waals surface area contributed by atoms with Crippen molar-refractivity contribution in [1.82, 2.24) is 4.90 Å². The van der Waals surface area contributed by atoms with Crippen LogP contribution < -0.4 is 4.74 Å². The zero-order valence-electron chi connectivity index (χ0n) is 9.80. The topological polar surface area (TPSA) is 29.5 Å². The summed E-state index contributed by atoms with van der Waals surface area (Å²) in [5, 5.41) is 0. The van der Waals surface area contributed by atoms with Gasteiger partial charge >= 0.3 is 5.97 Å². The highest BCUT2D eigenvalue weighted by atomic mass is 35.5. The number of rotatable bonds is 3. The smallest absolute Gasteiger partial charge is 0.325 e. The van der Waals surface area contributed by atoms with E-state index in [1.165, 1.54) is 19.3 Å². The van der Waals surface area contributed by atoms with Crippen LogP contribution in [0.4, 0.5) is 0 Å². The van der Waals surface area contributed by atoms with E-state index in [2.05, 4.69) is 4.90 Å². The minimum absolute atomic E-state index is 0. The molecule has 3 nitrogen and oxygen atoms in total. The zero-order valence-corrected chi connectivity index (χ0v) is 10.6. The van der Waals surface area contributed by atoms with Crippen molar-refractivity contribution in [3.05, 3.63) is 30.3 Å². The molecule has 0 amide bonds. The van der Waals surface area contributed by atoms with E-state index < -0.39 is 0 Å². The first-order chi connectivity index (χ1) is 7.84. The molecule has 0 aliphatic carbocycles. The van der Waals surface area contributed by atoms with E-state index >= 15 is 0 Å². The third-order valence-corrected chi connectivity index (χ3v) is 2.78. The van der Waals surface area contributed by atoms with Crippen molar-refractivity contribution >= 4 is 18.4 Å². The SMILES string of the molecule is Cl.O=C(CN1CCCCC1)Oc1ccccc1. The van der Waals surface area contributed by atoms with E-state index in [9.17, 15) is 4.79 Å². The Morgan fingerprint density at radius 2 is 1.76 bits per heavy atom. The van der Waals surface area contributed by atoms with Gasteiger partial charge in [-0.05, 0) is 38.1 Å². The highest BCUT2D eigenvalue weighted by Gasteiger charge is 2.14. The van der Waals surface area contributed by atoms with Crippen LogP contribution in [-0.2, 0) is 4.79 Å². The summed E-state index contributed by atoms with van der Waals surface area (Å²) in [6.45, 7) is 2.45. The molecule has 1 saturated heterocycles. The monoisotopic (exact) mass is 255 g/mol. The van der Waals surface area contributed by atoms with Gasteiger partial charge in [-0.25, -0.2) is 0 Å². The number of ether oxygens (including phenoxy) is 1. The van der Waals surface area contributed by atoms with Crippen LogP contribution in [0, 0.1) is 0 Å². The Labute approximate surface area is 108 Å². The van der Waals surface area contributed by atoms with Crippen molar-refractivity contribution in [3.63, 3.8) is 0 Å². The van der Waals surface area contributed by atoms with Crippen molar-refractivity contribution in [2.24, 2.45) is 0 Å². The van der Waals surface area contributed by atoms with Gasteiger partial charge in [0.05, 0.1) is 6.54 Å². The van der Waals surface area contributed by atoms with E-state index in [0.29, 0.717) is 12.3 Å². The highest BCUT2D eigenvalue weighted by Crippen LogP contribution is 2.11. The summed E-state index contributed by atoms with van der Waals surface area (Å²) >= 11 is 0. The molecule has 1 aliphatic heterocycles. The summed E-state index contributed by atoms with van der Waals surface area (Å²) in [6, 6.07) is 9.23. The minimum atomic E-state index is -0.159. The molecule has 2 rings (SSSR count). The van der Waals surface area contributed by atoms with Gasteiger partial charge in [-0.15, -0.1) is 12.4 Å². The number of esters is 1. The van der Waals surface area contributed by atoms with Crippen LogP contribution in [0.3, 0.4) is 0 Å².